The van der Waals surface area contributed by atoms with Crippen molar-refractivity contribution in [1.82, 2.24) is 0 Å². The number of hydrogen-bond acceptors (Lipinski definition) is 2. The van der Waals surface area contributed by atoms with Crippen molar-refractivity contribution >= 4 is 23.7 Å². The average Bonchev–Trinajstić information content (AvgIpc) is 1.95. The van der Waals surface area contributed by atoms with Gasteiger partial charge in [0.2, 0.25) is 0 Å². The van der Waals surface area contributed by atoms with E-state index in [1.165, 1.54) is 12.1 Å². The molecule has 54 valence electrons. The summed E-state index contributed by atoms with van der Waals surface area (Å²) in [5.41, 5.74) is 0. The van der Waals surface area contributed by atoms with Crippen LogP contribution in [0.15, 0.2) is 23.1 Å². The van der Waals surface area contributed by atoms with Gasteiger partial charge < -0.3 is 5.11 Å². The van der Waals surface area contributed by atoms with Crippen LogP contribution in [0.4, 0.5) is 3.89 Å². The van der Waals surface area contributed by atoms with Crippen LogP contribution >= 0.6 is 23.7 Å². The van der Waals surface area contributed by atoms with Gasteiger partial charge >= 0.3 is 0 Å². The number of phenols is 1. The zero-order chi connectivity index (χ0) is 7.56. The fourth-order valence-electron chi connectivity index (χ4n) is 0.558. The lowest BCUT2D eigenvalue weighted by Crippen LogP contribution is -1.71. The van der Waals surface area contributed by atoms with E-state index < -0.39 is 0 Å². The van der Waals surface area contributed by atoms with Gasteiger partial charge in [-0.1, -0.05) is 17.7 Å². The zero-order valence-corrected chi connectivity index (χ0v) is 6.42. The summed E-state index contributed by atoms with van der Waals surface area (Å²) in [7, 11) is 0. The molecular weight excluding hydrogens is 175 g/mol. The number of phenolic OH excluding ortho intramolecular Hbond substituents is 1. The van der Waals surface area contributed by atoms with Crippen molar-refractivity contribution < 1.29 is 8.99 Å². The summed E-state index contributed by atoms with van der Waals surface area (Å²) in [6.45, 7) is 0. The Morgan fingerprint density at radius 2 is 2.20 bits per heavy atom. The summed E-state index contributed by atoms with van der Waals surface area (Å²) in [5, 5.41) is 9.17. The van der Waals surface area contributed by atoms with E-state index in [0.29, 0.717) is 0 Å². The third-order valence-corrected chi connectivity index (χ3v) is 1.83. The Morgan fingerprint density at radius 3 is 2.70 bits per heavy atom. The van der Waals surface area contributed by atoms with Gasteiger partial charge in [0, 0.05) is 0 Å². The van der Waals surface area contributed by atoms with Gasteiger partial charge in [-0.15, -0.1) is 0 Å². The third-order valence-electron chi connectivity index (χ3n) is 1.03. The number of rotatable bonds is 1. The monoisotopic (exact) mass is 178 g/mol. The van der Waals surface area contributed by atoms with Crippen molar-refractivity contribution in [3.8, 4) is 5.75 Å². The van der Waals surface area contributed by atoms with Gasteiger partial charge in [-0.3, -0.25) is 0 Å². The lowest BCUT2D eigenvalue weighted by Gasteiger charge is -1.97. The van der Waals surface area contributed by atoms with Crippen LogP contribution in [0.3, 0.4) is 0 Å². The molecule has 0 unspecified atom stereocenters. The maximum absolute atomic E-state index is 11.9. The number of aromatic hydroxyl groups is 1. The van der Waals surface area contributed by atoms with E-state index in [1.54, 1.807) is 6.07 Å². The number of hydrogen-bond donors (Lipinski definition) is 1. The molecule has 0 aliphatic rings. The smallest absolute Gasteiger partial charge is 0.150 e. The van der Waals surface area contributed by atoms with Crippen LogP contribution in [0.2, 0.25) is 5.02 Å². The SMILES string of the molecule is Oc1c(Cl)cccc1SF. The summed E-state index contributed by atoms with van der Waals surface area (Å²) in [4.78, 5) is 0.146. The predicted molar refractivity (Wildman–Crippen MR) is 40.1 cm³/mol. The molecule has 1 rings (SSSR count). The lowest BCUT2D eigenvalue weighted by molar-refractivity contribution is 0.462. The number of halogens is 2. The van der Waals surface area contributed by atoms with Crippen LogP contribution in [0.25, 0.3) is 0 Å². The molecule has 0 aliphatic heterocycles. The summed E-state index contributed by atoms with van der Waals surface area (Å²) in [6, 6.07) is 4.52. The molecule has 0 saturated carbocycles. The Balaban J connectivity index is 3.14. The van der Waals surface area contributed by atoms with Crippen molar-refractivity contribution in [2.75, 3.05) is 0 Å². The molecule has 0 atom stereocenters. The van der Waals surface area contributed by atoms with Crippen molar-refractivity contribution in [2.45, 2.75) is 4.90 Å². The van der Waals surface area contributed by atoms with Gasteiger partial charge in [0.15, 0.2) is 0 Å². The fraction of sp³-hybridized carbons (Fsp3) is 0. The van der Waals surface area contributed by atoms with Crippen molar-refractivity contribution in [2.24, 2.45) is 0 Å². The molecular formula is C6H4ClFOS. The van der Waals surface area contributed by atoms with Crippen LogP contribution in [-0.4, -0.2) is 5.11 Å². The Labute approximate surface area is 67.1 Å². The predicted octanol–water partition coefficient (Wildman–Crippen LogP) is 3.02. The van der Waals surface area contributed by atoms with Gasteiger partial charge in [-0.05, 0) is 12.1 Å². The maximum Gasteiger partial charge on any atom is 0.150 e. The van der Waals surface area contributed by atoms with Crippen molar-refractivity contribution in [1.29, 1.82) is 0 Å². The minimum Gasteiger partial charge on any atom is -0.505 e. The highest BCUT2D eigenvalue weighted by molar-refractivity contribution is 7.94. The number of benzene rings is 1. The average molecular weight is 179 g/mol. The first-order valence-electron chi connectivity index (χ1n) is 2.52. The standard InChI is InChI=1S/C6H4ClFOS/c7-4-2-1-3-5(10-8)6(4)9/h1-3,9H. The van der Waals surface area contributed by atoms with Crippen LogP contribution in [0.1, 0.15) is 0 Å². The van der Waals surface area contributed by atoms with Crippen LogP contribution in [-0.2, 0) is 0 Å². The van der Waals surface area contributed by atoms with E-state index in [-0.39, 0.29) is 27.8 Å². The molecule has 1 aromatic carbocycles. The van der Waals surface area contributed by atoms with E-state index in [1.807, 2.05) is 0 Å². The van der Waals surface area contributed by atoms with E-state index in [2.05, 4.69) is 0 Å². The first-order valence-corrected chi connectivity index (χ1v) is 3.61. The van der Waals surface area contributed by atoms with Gasteiger partial charge in [0.05, 0.1) is 22.1 Å². The molecule has 1 nitrogen and oxygen atoms in total. The quantitative estimate of drug-likeness (QED) is 0.714. The largest absolute Gasteiger partial charge is 0.505 e. The summed E-state index contributed by atoms with van der Waals surface area (Å²) in [5.74, 6) is -0.198. The van der Waals surface area contributed by atoms with E-state index in [9.17, 15) is 3.89 Å². The molecule has 0 aromatic heterocycles. The second kappa shape index (κ2) is 3.12. The second-order valence-corrected chi connectivity index (χ2v) is 2.67. The van der Waals surface area contributed by atoms with E-state index in [4.69, 9.17) is 16.7 Å². The Morgan fingerprint density at radius 1 is 1.50 bits per heavy atom. The van der Waals surface area contributed by atoms with Crippen LogP contribution < -0.4 is 0 Å². The highest BCUT2D eigenvalue weighted by atomic mass is 35.5. The molecule has 10 heavy (non-hydrogen) atoms. The minimum absolute atomic E-state index is 0.0249. The van der Waals surface area contributed by atoms with E-state index in [0.717, 1.165) is 0 Å². The van der Waals surface area contributed by atoms with Crippen LogP contribution in [0, 0.1) is 0 Å². The highest BCUT2D eigenvalue weighted by Crippen LogP contribution is 2.34. The zero-order valence-electron chi connectivity index (χ0n) is 4.84. The Hall–Kier alpha value is -0.410. The highest BCUT2D eigenvalue weighted by Gasteiger charge is 2.03. The summed E-state index contributed by atoms with van der Waals surface area (Å²) < 4.78 is 11.9. The van der Waals surface area contributed by atoms with Gasteiger partial charge in [-0.25, -0.2) is 0 Å². The molecule has 0 saturated heterocycles. The maximum atomic E-state index is 11.9. The Kier molecular flexibility index (Phi) is 2.40. The lowest BCUT2D eigenvalue weighted by atomic mass is 10.3. The fourth-order valence-corrected chi connectivity index (χ4v) is 1.10. The molecule has 0 heterocycles. The molecule has 1 N–H and O–H groups in total. The normalized spacial score (nSPS) is 9.80. The molecule has 0 fully saturated rings. The summed E-state index contributed by atoms with van der Waals surface area (Å²) >= 11 is 5.44. The van der Waals surface area contributed by atoms with Gasteiger partial charge in [0.25, 0.3) is 0 Å². The molecule has 1 aromatic rings. The molecule has 0 radical (unpaired) electrons. The number of para-hydroxylation sites is 1. The van der Waals surface area contributed by atoms with Gasteiger partial charge in [-0.2, -0.15) is 3.89 Å². The second-order valence-electron chi connectivity index (χ2n) is 1.66. The third kappa shape index (κ3) is 1.36. The first kappa shape index (κ1) is 7.69. The Bertz CT molecular complexity index is 241. The summed E-state index contributed by atoms with van der Waals surface area (Å²) in [6.07, 6.45) is 0. The molecule has 0 amide bonds. The molecule has 4 heteroatoms. The minimum atomic E-state index is -0.198. The van der Waals surface area contributed by atoms with Crippen molar-refractivity contribution in [3.63, 3.8) is 0 Å². The first-order chi connectivity index (χ1) is 4.75. The van der Waals surface area contributed by atoms with Gasteiger partial charge in [0.1, 0.15) is 5.75 Å². The van der Waals surface area contributed by atoms with E-state index >= 15 is 0 Å². The molecule has 0 aliphatic carbocycles. The van der Waals surface area contributed by atoms with Crippen molar-refractivity contribution in [3.05, 3.63) is 23.2 Å². The van der Waals surface area contributed by atoms with Crippen LogP contribution in [0.5, 0.6) is 5.75 Å². The molecule has 0 spiro atoms. The topological polar surface area (TPSA) is 20.2 Å². The molecule has 0 bridgehead atoms.